The van der Waals surface area contributed by atoms with Crippen LogP contribution in [0.1, 0.15) is 31.8 Å². The van der Waals surface area contributed by atoms with Crippen molar-refractivity contribution in [3.8, 4) is 17.2 Å². The summed E-state index contributed by atoms with van der Waals surface area (Å²) in [5, 5.41) is 0.895. The van der Waals surface area contributed by atoms with E-state index in [-0.39, 0.29) is 17.3 Å². The Kier molecular flexibility index (Phi) is 5.72. The summed E-state index contributed by atoms with van der Waals surface area (Å²) in [5.74, 6) is 0.550. The van der Waals surface area contributed by atoms with Crippen LogP contribution in [0.2, 0.25) is 10.0 Å². The molecule has 0 amide bonds. The van der Waals surface area contributed by atoms with Gasteiger partial charge in [0.15, 0.2) is 5.76 Å². The minimum absolute atomic E-state index is 0.126. The van der Waals surface area contributed by atoms with E-state index in [0.717, 1.165) is 0 Å². The van der Waals surface area contributed by atoms with Gasteiger partial charge in [-0.1, -0.05) is 29.3 Å². The Morgan fingerprint density at radius 1 is 1.00 bits per heavy atom. The van der Waals surface area contributed by atoms with Crippen molar-refractivity contribution in [2.75, 3.05) is 7.11 Å². The van der Waals surface area contributed by atoms with E-state index in [0.29, 0.717) is 43.8 Å². The molecule has 5 nitrogen and oxygen atoms in total. The van der Waals surface area contributed by atoms with Gasteiger partial charge in [-0.2, -0.15) is 0 Å². The van der Waals surface area contributed by atoms with E-state index in [1.807, 2.05) is 0 Å². The molecule has 0 atom stereocenters. The summed E-state index contributed by atoms with van der Waals surface area (Å²) in [6, 6.07) is 14.7. The predicted octanol–water partition coefficient (Wildman–Crippen LogP) is 6.15. The first-order chi connectivity index (χ1) is 14.9. The van der Waals surface area contributed by atoms with Crippen molar-refractivity contribution in [3.63, 3.8) is 0 Å². The van der Waals surface area contributed by atoms with Gasteiger partial charge in [-0.15, -0.1) is 0 Å². The number of ketones is 1. The highest BCUT2D eigenvalue weighted by molar-refractivity contribution is 6.35. The van der Waals surface area contributed by atoms with Crippen molar-refractivity contribution < 1.29 is 23.8 Å². The minimum atomic E-state index is -0.532. The van der Waals surface area contributed by atoms with E-state index in [4.69, 9.17) is 37.4 Å². The van der Waals surface area contributed by atoms with E-state index in [9.17, 15) is 9.59 Å². The number of carbonyl (C=O) groups excluding carboxylic acids is 2. The molecular formula is C24H16Cl2O5. The molecule has 0 radical (unpaired) electrons. The Bertz CT molecular complexity index is 1230. The van der Waals surface area contributed by atoms with Crippen molar-refractivity contribution in [2.24, 2.45) is 0 Å². The van der Waals surface area contributed by atoms with E-state index in [1.165, 1.54) is 6.07 Å². The van der Waals surface area contributed by atoms with Gasteiger partial charge < -0.3 is 14.2 Å². The Labute approximate surface area is 188 Å². The van der Waals surface area contributed by atoms with Crippen molar-refractivity contribution >= 4 is 41.0 Å². The summed E-state index contributed by atoms with van der Waals surface area (Å²) in [7, 11) is 1.55. The third-order valence-electron chi connectivity index (χ3n) is 4.73. The topological polar surface area (TPSA) is 61.8 Å². The number of carbonyl (C=O) groups is 2. The highest BCUT2D eigenvalue weighted by Crippen LogP contribution is 2.38. The maximum absolute atomic E-state index is 12.8. The number of esters is 1. The third-order valence-corrected chi connectivity index (χ3v) is 5.29. The lowest BCUT2D eigenvalue weighted by molar-refractivity contribution is 0.0734. The number of aryl methyl sites for hydroxylation is 1. The Hall–Kier alpha value is -3.28. The van der Waals surface area contributed by atoms with Gasteiger partial charge in [-0.3, -0.25) is 4.79 Å². The monoisotopic (exact) mass is 454 g/mol. The second-order valence-corrected chi connectivity index (χ2v) is 7.68. The molecule has 0 bridgehead atoms. The van der Waals surface area contributed by atoms with Crippen LogP contribution < -0.4 is 14.2 Å². The molecule has 1 heterocycles. The molecule has 0 aromatic heterocycles. The average Bonchev–Trinajstić information content (AvgIpc) is 3.05. The van der Waals surface area contributed by atoms with E-state index >= 15 is 0 Å². The molecule has 7 heteroatoms. The number of ether oxygens (including phenoxy) is 3. The number of Topliss-reactive ketones (excluding diaryl/α,β-unsaturated/α-hetero) is 1. The summed E-state index contributed by atoms with van der Waals surface area (Å²) in [6.07, 6.45) is 1.56. The molecule has 3 aromatic carbocycles. The van der Waals surface area contributed by atoms with Gasteiger partial charge in [0, 0.05) is 16.1 Å². The minimum Gasteiger partial charge on any atom is -0.497 e. The number of benzene rings is 3. The Morgan fingerprint density at radius 3 is 2.42 bits per heavy atom. The summed E-state index contributed by atoms with van der Waals surface area (Å²) < 4.78 is 16.3. The lowest BCUT2D eigenvalue weighted by Crippen LogP contribution is -2.08. The lowest BCUT2D eigenvalue weighted by Gasteiger charge is -2.08. The predicted molar refractivity (Wildman–Crippen MR) is 119 cm³/mol. The van der Waals surface area contributed by atoms with Gasteiger partial charge in [-0.05, 0) is 66.6 Å². The van der Waals surface area contributed by atoms with Gasteiger partial charge in [-0.25, -0.2) is 4.79 Å². The first kappa shape index (κ1) is 21.0. The number of rotatable bonds is 4. The molecule has 0 fully saturated rings. The fourth-order valence-corrected chi connectivity index (χ4v) is 3.65. The van der Waals surface area contributed by atoms with Gasteiger partial charge in [0.1, 0.15) is 17.2 Å². The van der Waals surface area contributed by atoms with Gasteiger partial charge in [0.25, 0.3) is 0 Å². The molecule has 156 valence electrons. The SMILES string of the molecule is COc1ccc(C(=O)Oc2cc(C)c3c(c2)O/C(=C\c2ccc(Cl)cc2Cl)C3=O)cc1. The van der Waals surface area contributed by atoms with Crippen molar-refractivity contribution in [1.82, 2.24) is 0 Å². The van der Waals surface area contributed by atoms with Crippen LogP contribution >= 0.6 is 23.2 Å². The summed E-state index contributed by atoms with van der Waals surface area (Å²) >= 11 is 12.1. The molecule has 0 aliphatic carbocycles. The van der Waals surface area contributed by atoms with E-state index in [1.54, 1.807) is 68.6 Å². The highest BCUT2D eigenvalue weighted by atomic mass is 35.5. The standard InChI is InChI=1S/C24H16Cl2O5/c1-13-9-18(30-24(28)14-4-7-17(29-2)8-5-14)12-20-22(13)23(27)21(31-20)10-15-3-6-16(25)11-19(15)26/h3-12H,1-2H3/b21-10-. The van der Waals surface area contributed by atoms with Crippen LogP contribution in [0.25, 0.3) is 6.08 Å². The maximum atomic E-state index is 12.8. The summed E-state index contributed by atoms with van der Waals surface area (Å²) in [6.45, 7) is 1.75. The fourth-order valence-electron chi connectivity index (χ4n) is 3.19. The zero-order valence-corrected chi connectivity index (χ0v) is 18.1. The second kappa shape index (κ2) is 8.46. The first-order valence-corrected chi connectivity index (χ1v) is 10.0. The fraction of sp³-hybridized carbons (Fsp3) is 0.0833. The number of allylic oxidation sites excluding steroid dienone is 1. The summed E-state index contributed by atoms with van der Waals surface area (Å²) in [5.41, 5.74) is 2.02. The van der Waals surface area contributed by atoms with Gasteiger partial charge in [0.2, 0.25) is 5.78 Å². The molecule has 0 unspecified atom stereocenters. The molecule has 4 rings (SSSR count). The Morgan fingerprint density at radius 2 is 1.74 bits per heavy atom. The van der Waals surface area contributed by atoms with Crippen molar-refractivity contribution in [3.05, 3.63) is 92.7 Å². The van der Waals surface area contributed by atoms with Crippen LogP contribution in [0.15, 0.2) is 60.4 Å². The van der Waals surface area contributed by atoms with Crippen LogP contribution in [-0.4, -0.2) is 18.9 Å². The van der Waals surface area contributed by atoms with E-state index < -0.39 is 5.97 Å². The van der Waals surface area contributed by atoms with Gasteiger partial charge in [0.05, 0.1) is 18.2 Å². The molecule has 31 heavy (non-hydrogen) atoms. The van der Waals surface area contributed by atoms with Crippen LogP contribution in [0.4, 0.5) is 0 Å². The number of fused-ring (bicyclic) bond motifs is 1. The zero-order chi connectivity index (χ0) is 22.1. The zero-order valence-electron chi connectivity index (χ0n) is 16.6. The smallest absolute Gasteiger partial charge is 0.343 e. The van der Waals surface area contributed by atoms with Crippen LogP contribution in [0, 0.1) is 6.92 Å². The van der Waals surface area contributed by atoms with Crippen molar-refractivity contribution in [1.29, 1.82) is 0 Å². The molecule has 0 saturated heterocycles. The second-order valence-electron chi connectivity index (χ2n) is 6.84. The Balaban J connectivity index is 1.59. The van der Waals surface area contributed by atoms with E-state index in [2.05, 4.69) is 0 Å². The average molecular weight is 455 g/mol. The summed E-state index contributed by atoms with van der Waals surface area (Å²) in [4.78, 5) is 25.3. The highest BCUT2D eigenvalue weighted by Gasteiger charge is 2.30. The number of halogens is 2. The normalized spacial score (nSPS) is 13.7. The van der Waals surface area contributed by atoms with Crippen LogP contribution in [0.3, 0.4) is 0 Å². The van der Waals surface area contributed by atoms with Crippen molar-refractivity contribution in [2.45, 2.75) is 6.92 Å². The molecule has 1 aliphatic rings. The largest absolute Gasteiger partial charge is 0.497 e. The molecule has 0 spiro atoms. The first-order valence-electron chi connectivity index (χ1n) is 9.26. The molecular weight excluding hydrogens is 439 g/mol. The molecule has 0 saturated carbocycles. The number of hydrogen-bond donors (Lipinski definition) is 0. The number of hydrogen-bond acceptors (Lipinski definition) is 5. The van der Waals surface area contributed by atoms with Crippen LogP contribution in [0.5, 0.6) is 17.2 Å². The third kappa shape index (κ3) is 4.29. The van der Waals surface area contributed by atoms with Gasteiger partial charge >= 0.3 is 5.97 Å². The lowest BCUT2D eigenvalue weighted by atomic mass is 10.0. The maximum Gasteiger partial charge on any atom is 0.343 e. The quantitative estimate of drug-likeness (QED) is 0.269. The molecule has 0 N–H and O–H groups in total. The molecule has 1 aliphatic heterocycles. The molecule has 3 aromatic rings. The van der Waals surface area contributed by atoms with Crippen LogP contribution in [-0.2, 0) is 0 Å². The number of methoxy groups -OCH3 is 1.